The molecule has 0 saturated heterocycles. The van der Waals surface area contributed by atoms with Crippen molar-refractivity contribution in [3.63, 3.8) is 0 Å². The van der Waals surface area contributed by atoms with Crippen LogP contribution in [0.3, 0.4) is 0 Å². The highest BCUT2D eigenvalue weighted by molar-refractivity contribution is 6.01. The zero-order chi connectivity index (χ0) is 22.8. The summed E-state index contributed by atoms with van der Waals surface area (Å²) >= 11 is 0. The summed E-state index contributed by atoms with van der Waals surface area (Å²) in [4.78, 5) is 34.9. The van der Waals surface area contributed by atoms with Crippen LogP contribution in [0.2, 0.25) is 0 Å². The van der Waals surface area contributed by atoms with Crippen LogP contribution < -0.4 is 0 Å². The molecule has 0 aromatic heterocycles. The summed E-state index contributed by atoms with van der Waals surface area (Å²) in [5.74, 6) is -3.64. The second-order valence-electron chi connectivity index (χ2n) is 7.80. The second-order valence-corrected chi connectivity index (χ2v) is 7.80. The van der Waals surface area contributed by atoms with Crippen molar-refractivity contribution in [3.05, 3.63) is 12.2 Å². The van der Waals surface area contributed by atoms with E-state index in [1.165, 1.54) is 26.2 Å². The van der Waals surface area contributed by atoms with Crippen molar-refractivity contribution in [3.8, 4) is 0 Å². The number of rotatable bonds is 18. The standard InChI is InChI=1S/C23H40O7/c1-3-4-5-11-14-19(26)15-12-9-7-6-8-10-13-16-20(18(2)25)22(28)30-23(29)21(27)17-24/h9,12,19-21,24,26-27H,3-8,10-11,13-17H2,1-2H3/b12-9-/t19-,20?,21?/m1/s1. The van der Waals surface area contributed by atoms with Crippen LogP contribution in [0.15, 0.2) is 12.2 Å². The summed E-state index contributed by atoms with van der Waals surface area (Å²) < 4.78 is 4.47. The van der Waals surface area contributed by atoms with Crippen molar-refractivity contribution in [1.82, 2.24) is 0 Å². The third kappa shape index (κ3) is 14.4. The molecular weight excluding hydrogens is 388 g/mol. The Morgan fingerprint density at radius 3 is 2.13 bits per heavy atom. The SMILES string of the molecule is CCCCCC[C@@H](O)C/C=C\CCCCCCC(C(C)=O)C(=O)OC(=O)C(O)CO. The zero-order valence-electron chi connectivity index (χ0n) is 18.6. The molecule has 0 saturated carbocycles. The normalized spacial score (nSPS) is 14.4. The zero-order valence-corrected chi connectivity index (χ0v) is 18.6. The third-order valence-corrected chi connectivity index (χ3v) is 5.00. The van der Waals surface area contributed by atoms with Crippen LogP contribution >= 0.6 is 0 Å². The molecule has 3 N–H and O–H groups in total. The molecule has 0 aliphatic carbocycles. The highest BCUT2D eigenvalue weighted by Gasteiger charge is 2.28. The van der Waals surface area contributed by atoms with Gasteiger partial charge in [0.1, 0.15) is 11.7 Å². The number of carbonyl (C=O) groups excluding carboxylic acids is 3. The number of unbranched alkanes of at least 4 members (excludes halogenated alkanes) is 7. The molecule has 0 rings (SSSR count). The van der Waals surface area contributed by atoms with Crippen LogP contribution in [0.1, 0.15) is 90.9 Å². The Bertz CT molecular complexity index is 516. The Morgan fingerprint density at radius 1 is 0.867 bits per heavy atom. The number of ketones is 1. The number of allylic oxidation sites excluding steroid dienone is 1. The molecule has 0 aromatic rings. The smallest absolute Gasteiger partial charge is 0.345 e. The summed E-state index contributed by atoms with van der Waals surface area (Å²) in [5.41, 5.74) is 0. The van der Waals surface area contributed by atoms with E-state index < -0.39 is 30.6 Å². The first-order valence-corrected chi connectivity index (χ1v) is 11.2. The number of carbonyl (C=O) groups is 3. The Labute approximate surface area is 180 Å². The van der Waals surface area contributed by atoms with Gasteiger partial charge in [0.25, 0.3) is 0 Å². The molecule has 0 bridgehead atoms. The molecule has 30 heavy (non-hydrogen) atoms. The van der Waals surface area contributed by atoms with E-state index in [-0.39, 0.29) is 18.3 Å². The fourth-order valence-electron chi connectivity index (χ4n) is 3.06. The van der Waals surface area contributed by atoms with E-state index in [9.17, 15) is 19.5 Å². The number of hydrogen-bond donors (Lipinski definition) is 3. The third-order valence-electron chi connectivity index (χ3n) is 5.00. The predicted octanol–water partition coefficient (Wildman–Crippen LogP) is 3.23. The molecule has 174 valence electrons. The molecule has 7 nitrogen and oxygen atoms in total. The van der Waals surface area contributed by atoms with Crippen LogP contribution in [0.25, 0.3) is 0 Å². The van der Waals surface area contributed by atoms with Gasteiger partial charge >= 0.3 is 11.9 Å². The molecule has 0 aliphatic rings. The predicted molar refractivity (Wildman–Crippen MR) is 115 cm³/mol. The van der Waals surface area contributed by atoms with E-state index in [1.807, 2.05) is 6.08 Å². The van der Waals surface area contributed by atoms with E-state index in [1.54, 1.807) is 0 Å². The molecule has 0 amide bonds. The summed E-state index contributed by atoms with van der Waals surface area (Å²) in [6.45, 7) is 2.59. The van der Waals surface area contributed by atoms with Crippen molar-refractivity contribution in [1.29, 1.82) is 0 Å². The van der Waals surface area contributed by atoms with E-state index in [2.05, 4.69) is 17.7 Å². The first-order chi connectivity index (χ1) is 14.3. The minimum atomic E-state index is -1.78. The second kappa shape index (κ2) is 18.2. The van der Waals surface area contributed by atoms with Gasteiger partial charge in [-0.05, 0) is 39.0 Å². The van der Waals surface area contributed by atoms with Crippen LogP contribution in [0.5, 0.6) is 0 Å². The maximum Gasteiger partial charge on any atom is 0.345 e. The summed E-state index contributed by atoms with van der Waals surface area (Å²) in [7, 11) is 0. The first kappa shape index (κ1) is 28.4. The van der Waals surface area contributed by atoms with Crippen molar-refractivity contribution in [2.75, 3.05) is 6.61 Å². The van der Waals surface area contributed by atoms with Gasteiger partial charge in [0.15, 0.2) is 6.10 Å². The molecule has 0 radical (unpaired) electrons. The van der Waals surface area contributed by atoms with Gasteiger partial charge in [0, 0.05) is 0 Å². The van der Waals surface area contributed by atoms with Crippen LogP contribution in [0, 0.1) is 5.92 Å². The fourth-order valence-corrected chi connectivity index (χ4v) is 3.06. The lowest BCUT2D eigenvalue weighted by Gasteiger charge is -2.13. The van der Waals surface area contributed by atoms with Gasteiger partial charge < -0.3 is 20.1 Å². The molecule has 0 spiro atoms. The average molecular weight is 429 g/mol. The molecule has 2 unspecified atom stereocenters. The highest BCUT2D eigenvalue weighted by atomic mass is 16.6. The van der Waals surface area contributed by atoms with Crippen molar-refractivity contribution < 1.29 is 34.4 Å². The molecule has 0 aliphatic heterocycles. The number of aliphatic hydroxyl groups is 3. The van der Waals surface area contributed by atoms with Gasteiger partial charge in [-0.3, -0.25) is 9.59 Å². The summed E-state index contributed by atoms with van der Waals surface area (Å²) in [6.07, 6.45) is 13.0. The molecule has 0 aromatic carbocycles. The van der Waals surface area contributed by atoms with Crippen molar-refractivity contribution >= 4 is 17.7 Å². The van der Waals surface area contributed by atoms with E-state index in [4.69, 9.17) is 10.2 Å². The van der Waals surface area contributed by atoms with Gasteiger partial charge in [-0.1, -0.05) is 64.0 Å². The topological polar surface area (TPSA) is 121 Å². The molecule has 0 heterocycles. The minimum Gasteiger partial charge on any atom is -0.393 e. The van der Waals surface area contributed by atoms with E-state index in [0.717, 1.165) is 38.5 Å². The maximum atomic E-state index is 11.9. The average Bonchev–Trinajstić information content (AvgIpc) is 2.71. The van der Waals surface area contributed by atoms with Gasteiger partial charge in [-0.15, -0.1) is 0 Å². The molecule has 0 fully saturated rings. The van der Waals surface area contributed by atoms with Gasteiger partial charge in [0.05, 0.1) is 12.7 Å². The Morgan fingerprint density at radius 2 is 1.50 bits per heavy atom. The number of esters is 2. The van der Waals surface area contributed by atoms with E-state index in [0.29, 0.717) is 12.8 Å². The number of hydrogen-bond acceptors (Lipinski definition) is 7. The Hall–Kier alpha value is -1.57. The number of aliphatic hydroxyl groups excluding tert-OH is 3. The van der Waals surface area contributed by atoms with Crippen molar-refractivity contribution in [2.24, 2.45) is 5.92 Å². The fraction of sp³-hybridized carbons (Fsp3) is 0.783. The van der Waals surface area contributed by atoms with Crippen molar-refractivity contribution in [2.45, 2.75) is 103 Å². The highest BCUT2D eigenvalue weighted by Crippen LogP contribution is 2.15. The number of Topliss-reactive ketones (excluding diaryl/α,β-unsaturated/α-hetero) is 1. The van der Waals surface area contributed by atoms with Gasteiger partial charge in [-0.2, -0.15) is 0 Å². The lowest BCUT2D eigenvalue weighted by Crippen LogP contribution is -2.33. The summed E-state index contributed by atoms with van der Waals surface area (Å²) in [6, 6.07) is 0. The lowest BCUT2D eigenvalue weighted by atomic mass is 9.97. The monoisotopic (exact) mass is 428 g/mol. The first-order valence-electron chi connectivity index (χ1n) is 11.2. The van der Waals surface area contributed by atoms with Crippen LogP contribution in [-0.4, -0.2) is 51.9 Å². The van der Waals surface area contributed by atoms with E-state index >= 15 is 0 Å². The molecule has 3 atom stereocenters. The number of ether oxygens (including phenoxy) is 1. The Balaban J connectivity index is 3.91. The largest absolute Gasteiger partial charge is 0.393 e. The van der Waals surface area contributed by atoms with Gasteiger partial charge in [-0.25, -0.2) is 4.79 Å². The van der Waals surface area contributed by atoms with Crippen LogP contribution in [0.4, 0.5) is 0 Å². The quantitative estimate of drug-likeness (QED) is 0.133. The van der Waals surface area contributed by atoms with Crippen LogP contribution in [-0.2, 0) is 19.1 Å². The molecule has 7 heteroatoms. The lowest BCUT2D eigenvalue weighted by molar-refractivity contribution is -0.170. The molecular formula is C23H40O7. The Kier molecular flexibility index (Phi) is 17.3. The van der Waals surface area contributed by atoms with Gasteiger partial charge in [0.2, 0.25) is 0 Å². The maximum absolute atomic E-state index is 11.9. The minimum absolute atomic E-state index is 0.258. The summed E-state index contributed by atoms with van der Waals surface area (Å²) in [5, 5.41) is 27.7.